The van der Waals surface area contributed by atoms with Crippen molar-refractivity contribution in [1.82, 2.24) is 10.4 Å². The molecule has 0 spiro atoms. The minimum Gasteiger partial charge on any atom is -0.271 e. The molecule has 0 aromatic carbocycles. The summed E-state index contributed by atoms with van der Waals surface area (Å²) < 4.78 is 1.01. The van der Waals surface area contributed by atoms with Crippen LogP contribution in [-0.4, -0.2) is 32.5 Å². The third kappa shape index (κ3) is 4.36. The van der Waals surface area contributed by atoms with Crippen LogP contribution in [-0.2, 0) is 6.42 Å². The van der Waals surface area contributed by atoms with Crippen LogP contribution < -0.4 is 11.3 Å². The Bertz CT molecular complexity index is 401. The summed E-state index contributed by atoms with van der Waals surface area (Å²) in [4.78, 5) is 4.44. The highest BCUT2D eigenvalue weighted by Gasteiger charge is 2.31. The molecular formula is C13H20BrN3S2. The van der Waals surface area contributed by atoms with Gasteiger partial charge in [-0.05, 0) is 28.1 Å². The number of nitrogens with zero attached hydrogens (tertiary/aromatic N) is 1. The van der Waals surface area contributed by atoms with E-state index in [1.807, 2.05) is 35.8 Å². The second-order valence-corrected chi connectivity index (χ2v) is 8.81. The summed E-state index contributed by atoms with van der Waals surface area (Å²) in [6.07, 6.45) is 2.72. The van der Waals surface area contributed by atoms with Crippen molar-refractivity contribution >= 4 is 39.5 Å². The molecule has 2 heterocycles. The van der Waals surface area contributed by atoms with E-state index >= 15 is 0 Å². The van der Waals surface area contributed by atoms with Gasteiger partial charge in [-0.25, -0.2) is 0 Å². The lowest BCUT2D eigenvalue weighted by molar-refractivity contribution is 0.516. The van der Waals surface area contributed by atoms with Gasteiger partial charge in [0, 0.05) is 50.3 Å². The monoisotopic (exact) mass is 361 g/mol. The molecule has 0 radical (unpaired) electrons. The maximum absolute atomic E-state index is 5.75. The fourth-order valence-corrected chi connectivity index (χ4v) is 5.42. The smallest absolute Gasteiger partial charge is 0.0420 e. The molecule has 3 N–H and O–H groups in total. The molecule has 3 nitrogen and oxygen atoms in total. The molecule has 1 aliphatic heterocycles. The van der Waals surface area contributed by atoms with Crippen molar-refractivity contribution in [2.75, 3.05) is 5.75 Å². The van der Waals surface area contributed by atoms with Crippen LogP contribution in [0.15, 0.2) is 22.8 Å². The summed E-state index contributed by atoms with van der Waals surface area (Å²) in [7, 11) is 0. The molecule has 0 saturated carbocycles. The molecule has 0 bridgehead atoms. The van der Waals surface area contributed by atoms with Gasteiger partial charge in [0.1, 0.15) is 0 Å². The lowest BCUT2D eigenvalue weighted by Crippen LogP contribution is -2.47. The summed E-state index contributed by atoms with van der Waals surface area (Å²) in [5.74, 6) is 6.91. The highest BCUT2D eigenvalue weighted by atomic mass is 79.9. The Balaban J connectivity index is 1.98. The number of nitrogens with one attached hydrogen (secondary N) is 1. The molecule has 0 aliphatic carbocycles. The maximum atomic E-state index is 5.75. The SMILES string of the molecule is CC1SCC(C(Cc2ccc(Br)cn2)NN)SC1C. The molecule has 1 fully saturated rings. The molecule has 1 aromatic rings. The van der Waals surface area contributed by atoms with Crippen molar-refractivity contribution in [3.8, 4) is 0 Å². The Labute approximate surface area is 132 Å². The Hall–Kier alpha value is 0.250. The Kier molecular flexibility index (Phi) is 6.02. The summed E-state index contributed by atoms with van der Waals surface area (Å²) >= 11 is 7.51. The van der Waals surface area contributed by atoms with Crippen LogP contribution in [0.4, 0.5) is 0 Å². The Morgan fingerprint density at radius 1 is 1.47 bits per heavy atom. The number of pyridine rings is 1. The van der Waals surface area contributed by atoms with E-state index in [2.05, 4.69) is 46.3 Å². The van der Waals surface area contributed by atoms with Gasteiger partial charge in [0.15, 0.2) is 0 Å². The molecule has 0 amide bonds. The number of nitrogens with two attached hydrogens (primary N) is 1. The van der Waals surface area contributed by atoms with Crippen molar-refractivity contribution in [2.24, 2.45) is 5.84 Å². The first kappa shape index (κ1) is 15.6. The molecule has 6 heteroatoms. The van der Waals surface area contributed by atoms with Crippen molar-refractivity contribution < 1.29 is 0 Å². The van der Waals surface area contributed by atoms with Crippen LogP contribution in [0.3, 0.4) is 0 Å². The molecule has 19 heavy (non-hydrogen) atoms. The van der Waals surface area contributed by atoms with Crippen LogP contribution in [0.5, 0.6) is 0 Å². The minimum absolute atomic E-state index is 0.279. The Morgan fingerprint density at radius 2 is 2.26 bits per heavy atom. The van der Waals surface area contributed by atoms with E-state index in [0.717, 1.165) is 27.6 Å². The van der Waals surface area contributed by atoms with Crippen molar-refractivity contribution in [2.45, 2.75) is 42.1 Å². The average Bonchev–Trinajstić information content (AvgIpc) is 2.41. The van der Waals surface area contributed by atoms with Crippen molar-refractivity contribution in [3.05, 3.63) is 28.5 Å². The van der Waals surface area contributed by atoms with Crippen LogP contribution in [0.1, 0.15) is 19.5 Å². The number of hydrazine groups is 1. The zero-order valence-corrected chi connectivity index (χ0v) is 14.4. The first-order chi connectivity index (χ1) is 9.10. The van der Waals surface area contributed by atoms with Gasteiger partial charge in [-0.15, -0.1) is 0 Å². The van der Waals surface area contributed by atoms with Crippen LogP contribution in [0.2, 0.25) is 0 Å². The summed E-state index contributed by atoms with van der Waals surface area (Å²) in [5.41, 5.74) is 4.07. The zero-order chi connectivity index (χ0) is 13.8. The summed E-state index contributed by atoms with van der Waals surface area (Å²) in [6.45, 7) is 4.61. The van der Waals surface area contributed by atoms with Gasteiger partial charge in [-0.3, -0.25) is 16.3 Å². The first-order valence-corrected chi connectivity index (χ1v) is 9.22. The zero-order valence-electron chi connectivity index (χ0n) is 11.2. The predicted octanol–water partition coefficient (Wildman–Crippen LogP) is 2.84. The minimum atomic E-state index is 0.279. The lowest BCUT2D eigenvalue weighted by Gasteiger charge is -2.35. The highest BCUT2D eigenvalue weighted by molar-refractivity contribution is 9.10. The quantitative estimate of drug-likeness (QED) is 0.637. The first-order valence-electron chi connectivity index (χ1n) is 6.43. The fraction of sp³-hybridized carbons (Fsp3) is 0.615. The third-order valence-corrected chi connectivity index (χ3v) is 7.47. The van der Waals surface area contributed by atoms with Gasteiger partial charge in [-0.2, -0.15) is 23.5 Å². The number of halogens is 1. The maximum Gasteiger partial charge on any atom is 0.0420 e. The van der Waals surface area contributed by atoms with Gasteiger partial charge in [0.2, 0.25) is 0 Å². The molecular weight excluding hydrogens is 342 g/mol. The second kappa shape index (κ2) is 7.31. The van der Waals surface area contributed by atoms with Gasteiger partial charge in [-0.1, -0.05) is 13.8 Å². The van der Waals surface area contributed by atoms with E-state index in [4.69, 9.17) is 5.84 Å². The largest absolute Gasteiger partial charge is 0.271 e. The van der Waals surface area contributed by atoms with Crippen molar-refractivity contribution in [3.63, 3.8) is 0 Å². The molecule has 4 atom stereocenters. The standard InChI is InChI=1S/C13H20BrN3S2/c1-8-9(2)19-13(7-18-8)12(17-15)5-11-4-3-10(14)6-16-11/h3-4,6,8-9,12-13,17H,5,7,15H2,1-2H3. The summed E-state index contributed by atoms with van der Waals surface area (Å²) in [6, 6.07) is 4.37. The van der Waals surface area contributed by atoms with E-state index in [1.165, 1.54) is 0 Å². The van der Waals surface area contributed by atoms with E-state index in [9.17, 15) is 0 Å². The van der Waals surface area contributed by atoms with Crippen LogP contribution >= 0.6 is 39.5 Å². The normalized spacial score (nSPS) is 29.2. The molecule has 1 aromatic heterocycles. The number of aromatic nitrogens is 1. The van der Waals surface area contributed by atoms with E-state index < -0.39 is 0 Å². The topological polar surface area (TPSA) is 50.9 Å². The molecule has 1 saturated heterocycles. The molecule has 2 rings (SSSR count). The number of thioether (sulfide) groups is 2. The van der Waals surface area contributed by atoms with Crippen LogP contribution in [0, 0.1) is 0 Å². The van der Waals surface area contributed by atoms with E-state index in [0.29, 0.717) is 10.5 Å². The number of hydrogen-bond acceptors (Lipinski definition) is 5. The van der Waals surface area contributed by atoms with Crippen LogP contribution in [0.25, 0.3) is 0 Å². The third-order valence-electron chi connectivity index (χ3n) is 3.45. The lowest BCUT2D eigenvalue weighted by atomic mass is 10.1. The fourth-order valence-electron chi connectivity index (χ4n) is 2.07. The van der Waals surface area contributed by atoms with Gasteiger partial charge >= 0.3 is 0 Å². The second-order valence-electron chi connectivity index (χ2n) is 4.86. The predicted molar refractivity (Wildman–Crippen MR) is 89.5 cm³/mol. The van der Waals surface area contributed by atoms with Gasteiger partial charge in [0.05, 0.1) is 0 Å². The van der Waals surface area contributed by atoms with Crippen molar-refractivity contribution in [1.29, 1.82) is 0 Å². The number of rotatable bonds is 4. The molecule has 1 aliphatic rings. The Morgan fingerprint density at radius 3 is 2.84 bits per heavy atom. The molecule has 106 valence electrons. The van der Waals surface area contributed by atoms with E-state index in [1.54, 1.807) is 0 Å². The highest BCUT2D eigenvalue weighted by Crippen LogP contribution is 2.37. The average molecular weight is 362 g/mol. The van der Waals surface area contributed by atoms with Gasteiger partial charge in [0.25, 0.3) is 0 Å². The summed E-state index contributed by atoms with van der Waals surface area (Å²) in [5, 5.41) is 1.95. The molecule has 4 unspecified atom stereocenters. The van der Waals surface area contributed by atoms with E-state index in [-0.39, 0.29) is 6.04 Å². The van der Waals surface area contributed by atoms with Gasteiger partial charge < -0.3 is 0 Å². The number of hydrogen-bond donors (Lipinski definition) is 2.